The van der Waals surface area contributed by atoms with Gasteiger partial charge in [-0.25, -0.2) is 9.97 Å². The summed E-state index contributed by atoms with van der Waals surface area (Å²) in [4.78, 5) is 20.6. The van der Waals surface area contributed by atoms with Crippen molar-refractivity contribution < 1.29 is 4.79 Å². The van der Waals surface area contributed by atoms with Gasteiger partial charge in [0.2, 0.25) is 5.91 Å². The number of nitrogens with one attached hydrogen (secondary N) is 1. The molecule has 3 aromatic rings. The lowest BCUT2D eigenvalue weighted by atomic mass is 10.3. The molecule has 0 atom stereocenters. The Hall–Kier alpha value is -1.93. The van der Waals surface area contributed by atoms with E-state index in [4.69, 9.17) is 0 Å². The molecule has 114 valence electrons. The maximum absolute atomic E-state index is 12.2. The fourth-order valence-corrected chi connectivity index (χ4v) is 3.88. The van der Waals surface area contributed by atoms with Crippen molar-refractivity contribution in [2.24, 2.45) is 7.05 Å². The molecule has 1 amide bonds. The number of rotatable bonds is 4. The summed E-state index contributed by atoms with van der Waals surface area (Å²) < 4.78 is 2.78. The first-order chi connectivity index (χ1) is 10.6. The van der Waals surface area contributed by atoms with Gasteiger partial charge in [-0.1, -0.05) is 11.8 Å². The van der Waals surface area contributed by atoms with Crippen molar-refractivity contribution in [3.05, 3.63) is 29.2 Å². The number of hydrogen-bond acceptors (Lipinski definition) is 6. The zero-order chi connectivity index (χ0) is 15.7. The van der Waals surface area contributed by atoms with Crippen molar-refractivity contribution >= 4 is 44.9 Å². The monoisotopic (exact) mass is 333 g/mol. The lowest BCUT2D eigenvalue weighted by Crippen LogP contribution is -2.15. The molecular weight excluding hydrogens is 318 g/mol. The number of carbonyl (C=O) groups excluding carboxylic acids is 1. The average molecular weight is 333 g/mol. The van der Waals surface area contributed by atoms with Crippen molar-refractivity contribution in [2.45, 2.75) is 18.9 Å². The lowest BCUT2D eigenvalue weighted by Gasteiger charge is -2.05. The van der Waals surface area contributed by atoms with Gasteiger partial charge < -0.3 is 5.32 Å². The van der Waals surface area contributed by atoms with E-state index in [1.54, 1.807) is 16.0 Å². The normalized spacial score (nSPS) is 11.0. The Kier molecular flexibility index (Phi) is 4.12. The van der Waals surface area contributed by atoms with Crippen LogP contribution in [0.5, 0.6) is 0 Å². The van der Waals surface area contributed by atoms with Crippen LogP contribution < -0.4 is 5.32 Å². The number of fused-ring (bicyclic) bond motifs is 1. The molecule has 8 heteroatoms. The van der Waals surface area contributed by atoms with Gasteiger partial charge in [-0.2, -0.15) is 5.10 Å². The largest absolute Gasteiger partial charge is 0.322 e. The maximum atomic E-state index is 12.2. The Morgan fingerprint density at radius 2 is 2.23 bits per heavy atom. The van der Waals surface area contributed by atoms with Crippen LogP contribution in [-0.4, -0.2) is 31.4 Å². The molecule has 0 aliphatic rings. The van der Waals surface area contributed by atoms with Crippen LogP contribution in [0.15, 0.2) is 22.8 Å². The van der Waals surface area contributed by atoms with Crippen molar-refractivity contribution in [1.82, 2.24) is 19.7 Å². The minimum atomic E-state index is -0.0625. The molecule has 3 aromatic heterocycles. The Balaban J connectivity index is 1.69. The number of hydrogen-bond donors (Lipinski definition) is 1. The molecule has 1 N–H and O–H groups in total. The molecule has 0 unspecified atom stereocenters. The summed E-state index contributed by atoms with van der Waals surface area (Å²) >= 11 is 3.01. The van der Waals surface area contributed by atoms with Gasteiger partial charge in [0.1, 0.15) is 11.4 Å². The first-order valence-corrected chi connectivity index (χ1v) is 8.54. The molecule has 0 spiro atoms. The molecule has 0 radical (unpaired) electrons. The Labute approximate surface area is 136 Å². The number of aryl methyl sites for hydroxylation is 2. The maximum Gasteiger partial charge on any atom is 0.234 e. The highest BCUT2D eigenvalue weighted by Gasteiger charge is 2.14. The molecule has 6 nitrogen and oxygen atoms in total. The first-order valence-electron chi connectivity index (χ1n) is 6.67. The number of carbonyl (C=O) groups is 1. The van der Waals surface area contributed by atoms with Gasteiger partial charge in [-0.05, 0) is 25.3 Å². The molecule has 0 bridgehead atoms. The van der Waals surface area contributed by atoms with Crippen molar-refractivity contribution in [2.75, 3.05) is 11.1 Å². The van der Waals surface area contributed by atoms with Crippen LogP contribution in [0.3, 0.4) is 0 Å². The van der Waals surface area contributed by atoms with E-state index in [2.05, 4.69) is 20.4 Å². The van der Waals surface area contributed by atoms with Crippen LogP contribution in [0.25, 0.3) is 10.2 Å². The fraction of sp³-hybridized carbons (Fsp3) is 0.286. The third kappa shape index (κ3) is 2.84. The van der Waals surface area contributed by atoms with Crippen LogP contribution in [0, 0.1) is 13.8 Å². The second kappa shape index (κ2) is 6.05. The average Bonchev–Trinajstić information content (AvgIpc) is 3.06. The highest BCUT2D eigenvalue weighted by molar-refractivity contribution is 8.00. The van der Waals surface area contributed by atoms with Crippen LogP contribution in [-0.2, 0) is 11.8 Å². The molecule has 0 aliphatic carbocycles. The van der Waals surface area contributed by atoms with E-state index in [0.29, 0.717) is 5.75 Å². The Bertz CT molecular complexity index is 839. The second-order valence-corrected chi connectivity index (χ2v) is 6.70. The summed E-state index contributed by atoms with van der Waals surface area (Å²) in [6.45, 7) is 3.82. The van der Waals surface area contributed by atoms with Crippen molar-refractivity contribution in [1.29, 1.82) is 0 Å². The van der Waals surface area contributed by atoms with Gasteiger partial charge in [0.25, 0.3) is 0 Å². The summed E-state index contributed by atoms with van der Waals surface area (Å²) in [5.74, 6) is 0.241. The fourth-order valence-electron chi connectivity index (χ4n) is 2.13. The van der Waals surface area contributed by atoms with Gasteiger partial charge in [-0.3, -0.25) is 9.48 Å². The van der Waals surface area contributed by atoms with E-state index >= 15 is 0 Å². The predicted octanol–water partition coefficient (Wildman–Crippen LogP) is 2.77. The molecule has 0 aliphatic heterocycles. The molecule has 3 rings (SSSR count). The second-order valence-electron chi connectivity index (χ2n) is 4.82. The summed E-state index contributed by atoms with van der Waals surface area (Å²) in [6, 6.07) is 1.95. The van der Waals surface area contributed by atoms with Crippen molar-refractivity contribution in [3.63, 3.8) is 0 Å². The van der Waals surface area contributed by atoms with E-state index in [-0.39, 0.29) is 5.91 Å². The van der Waals surface area contributed by atoms with E-state index in [1.165, 1.54) is 18.1 Å². The summed E-state index contributed by atoms with van der Waals surface area (Å²) in [6.07, 6.45) is 1.53. The van der Waals surface area contributed by atoms with Gasteiger partial charge in [0, 0.05) is 7.05 Å². The molecule has 0 fully saturated rings. The molecule has 0 saturated heterocycles. The smallest absolute Gasteiger partial charge is 0.234 e. The summed E-state index contributed by atoms with van der Waals surface area (Å²) in [5.41, 5.74) is 3.47. The minimum Gasteiger partial charge on any atom is -0.322 e. The van der Waals surface area contributed by atoms with E-state index < -0.39 is 0 Å². The molecule has 0 saturated carbocycles. The van der Waals surface area contributed by atoms with Gasteiger partial charge in [0.15, 0.2) is 0 Å². The summed E-state index contributed by atoms with van der Waals surface area (Å²) in [5, 5.41) is 10.0. The number of amides is 1. The standard InChI is InChI=1S/C14H15N5OS2/c1-8-12(9(2)19(3)18-8)17-11(20)6-22-14-13-10(4-5-21-13)15-7-16-14/h4-5,7H,6H2,1-3H3,(H,17,20). The highest BCUT2D eigenvalue weighted by atomic mass is 32.2. The van der Waals surface area contributed by atoms with Crippen molar-refractivity contribution in [3.8, 4) is 0 Å². The quantitative estimate of drug-likeness (QED) is 0.587. The SMILES string of the molecule is Cc1nn(C)c(C)c1NC(=O)CSc1ncnc2ccsc12. The third-order valence-corrected chi connectivity index (χ3v) is 5.35. The number of nitrogens with zero attached hydrogens (tertiary/aromatic N) is 4. The molecular formula is C14H15N5OS2. The number of aromatic nitrogens is 4. The van der Waals surface area contributed by atoms with Crippen LogP contribution in [0.4, 0.5) is 5.69 Å². The minimum absolute atomic E-state index is 0.0625. The zero-order valence-electron chi connectivity index (χ0n) is 12.5. The van der Waals surface area contributed by atoms with Gasteiger partial charge in [-0.15, -0.1) is 11.3 Å². The Morgan fingerprint density at radius 3 is 2.95 bits per heavy atom. The summed E-state index contributed by atoms with van der Waals surface area (Å²) in [7, 11) is 1.86. The lowest BCUT2D eigenvalue weighted by molar-refractivity contribution is -0.113. The van der Waals surface area contributed by atoms with E-state index in [1.807, 2.05) is 32.3 Å². The van der Waals surface area contributed by atoms with E-state index in [0.717, 1.165) is 32.3 Å². The topological polar surface area (TPSA) is 72.7 Å². The third-order valence-electron chi connectivity index (χ3n) is 3.32. The first kappa shape index (κ1) is 15.0. The zero-order valence-corrected chi connectivity index (χ0v) is 14.1. The van der Waals surface area contributed by atoms with Gasteiger partial charge >= 0.3 is 0 Å². The van der Waals surface area contributed by atoms with Crippen LogP contribution >= 0.6 is 23.1 Å². The molecule has 22 heavy (non-hydrogen) atoms. The molecule has 0 aromatic carbocycles. The number of thiophene rings is 1. The van der Waals surface area contributed by atoms with Gasteiger partial charge in [0.05, 0.1) is 33.0 Å². The van der Waals surface area contributed by atoms with Crippen LogP contribution in [0.1, 0.15) is 11.4 Å². The highest BCUT2D eigenvalue weighted by Crippen LogP contribution is 2.28. The predicted molar refractivity (Wildman–Crippen MR) is 89.5 cm³/mol. The Morgan fingerprint density at radius 1 is 1.41 bits per heavy atom. The van der Waals surface area contributed by atoms with Crippen LogP contribution in [0.2, 0.25) is 0 Å². The molecule has 3 heterocycles. The van der Waals surface area contributed by atoms with E-state index in [9.17, 15) is 4.79 Å². The number of anilines is 1. The number of thioether (sulfide) groups is 1.